The van der Waals surface area contributed by atoms with E-state index in [9.17, 15) is 0 Å². The Morgan fingerprint density at radius 2 is 1.59 bits per heavy atom. The topological polar surface area (TPSA) is 3.24 Å². The zero-order valence-corrected chi connectivity index (χ0v) is 11.2. The van der Waals surface area contributed by atoms with Crippen molar-refractivity contribution in [1.29, 1.82) is 0 Å². The fraction of sp³-hybridized carbons (Fsp3) is 0.200. The first-order valence-electron chi connectivity index (χ1n) is 5.90. The Kier molecular flexibility index (Phi) is 2.89. The molecule has 0 amide bonds. The van der Waals surface area contributed by atoms with Gasteiger partial charge in [0.25, 0.3) is 0 Å². The van der Waals surface area contributed by atoms with Crippen LogP contribution in [-0.4, -0.2) is 6.54 Å². The summed E-state index contributed by atoms with van der Waals surface area (Å²) in [5, 5.41) is 0. The monoisotopic (exact) mass is 287 g/mol. The lowest BCUT2D eigenvalue weighted by Gasteiger charge is -2.30. The normalized spacial score (nSPS) is 14.5. The van der Waals surface area contributed by atoms with Gasteiger partial charge in [0.1, 0.15) is 0 Å². The van der Waals surface area contributed by atoms with Crippen molar-refractivity contribution in [2.45, 2.75) is 13.0 Å². The van der Waals surface area contributed by atoms with Gasteiger partial charge in [0.2, 0.25) is 0 Å². The molecule has 1 heterocycles. The number of fused-ring (bicyclic) bond motifs is 1. The van der Waals surface area contributed by atoms with Gasteiger partial charge >= 0.3 is 0 Å². The van der Waals surface area contributed by atoms with Crippen molar-refractivity contribution in [3.63, 3.8) is 0 Å². The average Bonchev–Trinajstić information content (AvgIpc) is 2.39. The van der Waals surface area contributed by atoms with Crippen molar-refractivity contribution < 1.29 is 0 Å². The maximum absolute atomic E-state index is 3.48. The van der Waals surface area contributed by atoms with E-state index in [4.69, 9.17) is 0 Å². The molecule has 0 N–H and O–H groups in total. The molecule has 86 valence electrons. The van der Waals surface area contributed by atoms with Gasteiger partial charge in [-0.3, -0.25) is 0 Å². The molecule has 0 bridgehead atoms. The van der Waals surface area contributed by atoms with Crippen molar-refractivity contribution in [2.75, 3.05) is 11.4 Å². The number of rotatable bonds is 1. The van der Waals surface area contributed by atoms with Gasteiger partial charge in [-0.25, -0.2) is 0 Å². The fourth-order valence-corrected chi connectivity index (χ4v) is 2.63. The van der Waals surface area contributed by atoms with E-state index in [0.29, 0.717) is 0 Å². The highest BCUT2D eigenvalue weighted by molar-refractivity contribution is 9.10. The molecule has 0 saturated heterocycles. The Bertz CT molecular complexity index is 519. The highest BCUT2D eigenvalue weighted by atomic mass is 79.9. The van der Waals surface area contributed by atoms with Crippen LogP contribution >= 0.6 is 15.9 Å². The van der Waals surface area contributed by atoms with Gasteiger partial charge in [-0.05, 0) is 41.8 Å². The fourth-order valence-electron chi connectivity index (χ4n) is 2.37. The zero-order chi connectivity index (χ0) is 11.7. The molecule has 2 aromatic rings. The Balaban J connectivity index is 1.86. The minimum atomic E-state index is 1.03. The van der Waals surface area contributed by atoms with Crippen LogP contribution in [0.4, 0.5) is 5.69 Å². The molecule has 0 fully saturated rings. The Morgan fingerprint density at radius 1 is 0.882 bits per heavy atom. The van der Waals surface area contributed by atoms with E-state index in [1.165, 1.54) is 16.8 Å². The summed E-state index contributed by atoms with van der Waals surface area (Å²) in [5.41, 5.74) is 4.27. The number of benzene rings is 2. The van der Waals surface area contributed by atoms with Crippen LogP contribution in [0.3, 0.4) is 0 Å². The molecule has 0 aliphatic carbocycles. The maximum Gasteiger partial charge on any atom is 0.0432 e. The maximum atomic E-state index is 3.48. The molecule has 1 aliphatic rings. The Labute approximate surface area is 110 Å². The van der Waals surface area contributed by atoms with Crippen LogP contribution in [0.5, 0.6) is 0 Å². The second-order valence-electron chi connectivity index (χ2n) is 4.42. The molecule has 0 aromatic heterocycles. The van der Waals surface area contributed by atoms with Crippen LogP contribution in [0.1, 0.15) is 11.1 Å². The lowest BCUT2D eigenvalue weighted by atomic mass is 9.99. The largest absolute Gasteiger partial charge is 0.367 e. The molecule has 0 radical (unpaired) electrons. The van der Waals surface area contributed by atoms with Crippen LogP contribution in [0.2, 0.25) is 0 Å². The second-order valence-corrected chi connectivity index (χ2v) is 5.33. The van der Waals surface area contributed by atoms with Gasteiger partial charge in [-0.15, -0.1) is 0 Å². The quantitative estimate of drug-likeness (QED) is 0.766. The molecule has 0 atom stereocenters. The summed E-state index contributed by atoms with van der Waals surface area (Å²) in [6, 6.07) is 17.3. The summed E-state index contributed by atoms with van der Waals surface area (Å²) in [6.07, 6.45) is 1.15. The molecule has 2 heteroatoms. The number of hydrogen-bond donors (Lipinski definition) is 0. The molecule has 0 saturated carbocycles. The van der Waals surface area contributed by atoms with E-state index < -0.39 is 0 Å². The Morgan fingerprint density at radius 3 is 2.35 bits per heavy atom. The van der Waals surface area contributed by atoms with E-state index in [-0.39, 0.29) is 0 Å². The number of halogens is 1. The molecule has 3 rings (SSSR count). The summed E-state index contributed by atoms with van der Waals surface area (Å²) in [4.78, 5) is 2.44. The lowest BCUT2D eigenvalue weighted by Crippen LogP contribution is -2.30. The van der Waals surface area contributed by atoms with Crippen molar-refractivity contribution in [3.8, 4) is 0 Å². The minimum absolute atomic E-state index is 1.03. The van der Waals surface area contributed by atoms with Crippen molar-refractivity contribution in [1.82, 2.24) is 0 Å². The first-order chi connectivity index (χ1) is 8.33. The third-order valence-electron chi connectivity index (χ3n) is 3.32. The van der Waals surface area contributed by atoms with Gasteiger partial charge < -0.3 is 4.90 Å². The lowest BCUT2D eigenvalue weighted by molar-refractivity contribution is 0.732. The number of nitrogens with zero attached hydrogens (tertiary/aromatic N) is 1. The third kappa shape index (κ3) is 2.22. The summed E-state index contributed by atoms with van der Waals surface area (Å²) in [6.45, 7) is 2.14. The van der Waals surface area contributed by atoms with E-state index in [1.54, 1.807) is 0 Å². The van der Waals surface area contributed by atoms with Crippen molar-refractivity contribution in [3.05, 3.63) is 64.1 Å². The van der Waals surface area contributed by atoms with E-state index in [2.05, 4.69) is 69.4 Å². The van der Waals surface area contributed by atoms with Crippen LogP contribution in [0.15, 0.2) is 53.0 Å². The van der Waals surface area contributed by atoms with Gasteiger partial charge in [0.05, 0.1) is 0 Å². The number of anilines is 1. The van der Waals surface area contributed by atoms with Crippen LogP contribution in [0.25, 0.3) is 0 Å². The molecule has 0 spiro atoms. The zero-order valence-electron chi connectivity index (χ0n) is 9.57. The molecule has 0 unspecified atom stereocenters. The predicted molar refractivity (Wildman–Crippen MR) is 75.3 cm³/mol. The first-order valence-corrected chi connectivity index (χ1v) is 6.69. The van der Waals surface area contributed by atoms with Crippen LogP contribution < -0.4 is 4.90 Å². The van der Waals surface area contributed by atoms with Gasteiger partial charge in [-0.1, -0.05) is 40.2 Å². The molecular formula is C15H14BrN. The molecule has 2 aromatic carbocycles. The molecule has 1 aliphatic heterocycles. The SMILES string of the molecule is Brc1ccc(N2CCc3ccccc3C2)cc1. The van der Waals surface area contributed by atoms with Gasteiger partial charge in [-0.2, -0.15) is 0 Å². The third-order valence-corrected chi connectivity index (χ3v) is 3.85. The highest BCUT2D eigenvalue weighted by Crippen LogP contribution is 2.25. The standard InChI is InChI=1S/C15H14BrN/c16-14-5-7-15(8-6-14)17-10-9-12-3-1-2-4-13(12)11-17/h1-8H,9-11H2. The highest BCUT2D eigenvalue weighted by Gasteiger charge is 2.15. The summed E-state index contributed by atoms with van der Waals surface area (Å²) >= 11 is 3.48. The predicted octanol–water partition coefficient (Wildman–Crippen LogP) is 4.01. The first kappa shape index (κ1) is 10.8. The van der Waals surface area contributed by atoms with Gasteiger partial charge in [0, 0.05) is 23.2 Å². The molecular weight excluding hydrogens is 274 g/mol. The van der Waals surface area contributed by atoms with E-state index in [0.717, 1.165) is 24.0 Å². The summed E-state index contributed by atoms with van der Waals surface area (Å²) in [7, 11) is 0. The Hall–Kier alpha value is -1.28. The van der Waals surface area contributed by atoms with Gasteiger partial charge in [0.15, 0.2) is 0 Å². The minimum Gasteiger partial charge on any atom is -0.367 e. The summed E-state index contributed by atoms with van der Waals surface area (Å²) < 4.78 is 1.14. The average molecular weight is 288 g/mol. The molecule has 1 nitrogen and oxygen atoms in total. The van der Waals surface area contributed by atoms with Crippen LogP contribution in [0, 0.1) is 0 Å². The smallest absolute Gasteiger partial charge is 0.0432 e. The second kappa shape index (κ2) is 4.53. The van der Waals surface area contributed by atoms with Crippen molar-refractivity contribution >= 4 is 21.6 Å². The summed E-state index contributed by atoms with van der Waals surface area (Å²) in [5.74, 6) is 0. The van der Waals surface area contributed by atoms with E-state index >= 15 is 0 Å². The van der Waals surface area contributed by atoms with Crippen molar-refractivity contribution in [2.24, 2.45) is 0 Å². The van der Waals surface area contributed by atoms with Crippen LogP contribution in [-0.2, 0) is 13.0 Å². The number of hydrogen-bond acceptors (Lipinski definition) is 1. The van der Waals surface area contributed by atoms with E-state index in [1.807, 2.05) is 0 Å². The molecule has 17 heavy (non-hydrogen) atoms.